The summed E-state index contributed by atoms with van der Waals surface area (Å²) in [6.07, 6.45) is 1.08. The summed E-state index contributed by atoms with van der Waals surface area (Å²) in [6, 6.07) is 17.8. The Morgan fingerprint density at radius 2 is 1.64 bits per heavy atom. The van der Waals surface area contributed by atoms with Gasteiger partial charge in [-0.15, -0.1) is 0 Å². The van der Waals surface area contributed by atoms with Gasteiger partial charge in [0.2, 0.25) is 0 Å². The molecule has 1 aliphatic rings. The number of pyridine rings is 1. The molecule has 1 aromatic heterocycles. The number of anilines is 2. The fourth-order valence-corrected chi connectivity index (χ4v) is 3.75. The Bertz CT molecular complexity index is 914. The van der Waals surface area contributed by atoms with E-state index in [9.17, 15) is 0 Å². The molecule has 0 bridgehead atoms. The number of hydrogen-bond donors (Lipinski definition) is 1. The Morgan fingerprint density at radius 3 is 2.40 bits per heavy atom. The summed E-state index contributed by atoms with van der Waals surface area (Å²) in [5.74, 6) is 1.11. The lowest BCUT2D eigenvalue weighted by Gasteiger charge is -2.31. The second kappa shape index (κ2) is 6.40. The van der Waals surface area contributed by atoms with Crippen LogP contribution in [0.5, 0.6) is 0 Å². The molecule has 0 aliphatic carbocycles. The fourth-order valence-electron chi connectivity index (χ4n) is 3.75. The van der Waals surface area contributed by atoms with E-state index in [0.717, 1.165) is 36.7 Å². The molecule has 2 heterocycles. The maximum absolute atomic E-state index is 5.01. The first-order valence-electron chi connectivity index (χ1n) is 9.11. The highest BCUT2D eigenvalue weighted by Crippen LogP contribution is 2.35. The van der Waals surface area contributed by atoms with Crippen molar-refractivity contribution < 1.29 is 0 Å². The van der Waals surface area contributed by atoms with Gasteiger partial charge in [0.15, 0.2) is 0 Å². The van der Waals surface area contributed by atoms with E-state index < -0.39 is 0 Å². The summed E-state index contributed by atoms with van der Waals surface area (Å²) in [5.41, 5.74) is 5.12. The lowest BCUT2D eigenvalue weighted by molar-refractivity contribution is 0.723. The minimum atomic E-state index is 0.386. The molecule has 0 atom stereocenters. The molecule has 0 fully saturated rings. The summed E-state index contributed by atoms with van der Waals surface area (Å²) < 4.78 is 0. The second-order valence-electron chi connectivity index (χ2n) is 7.18. The van der Waals surface area contributed by atoms with E-state index in [0.29, 0.717) is 6.04 Å². The third-order valence-electron chi connectivity index (χ3n) is 4.94. The van der Waals surface area contributed by atoms with Gasteiger partial charge in [0.05, 0.1) is 11.4 Å². The number of aryl methyl sites for hydroxylation is 1. The largest absolute Gasteiger partial charge is 0.381 e. The van der Waals surface area contributed by atoms with Gasteiger partial charge in [0, 0.05) is 29.9 Å². The van der Waals surface area contributed by atoms with Gasteiger partial charge in [-0.05, 0) is 38.3 Å². The number of fused-ring (bicyclic) bond motifs is 2. The number of rotatable bonds is 3. The Morgan fingerprint density at radius 1 is 0.960 bits per heavy atom. The normalized spacial score (nSPS) is 14.0. The molecule has 1 N–H and O–H groups in total. The number of benzene rings is 2. The predicted octanol–water partition coefficient (Wildman–Crippen LogP) is 4.93. The lowest BCUT2D eigenvalue weighted by Crippen LogP contribution is -2.31. The van der Waals surface area contributed by atoms with Crippen molar-refractivity contribution in [1.82, 2.24) is 4.98 Å². The Labute approximate surface area is 149 Å². The summed E-state index contributed by atoms with van der Waals surface area (Å²) in [6.45, 7) is 8.40. The van der Waals surface area contributed by atoms with E-state index in [1.165, 1.54) is 21.9 Å². The molecule has 1 aliphatic heterocycles. The highest BCUT2D eigenvalue weighted by molar-refractivity contribution is 6.01. The van der Waals surface area contributed by atoms with Crippen molar-refractivity contribution in [2.24, 2.45) is 0 Å². The van der Waals surface area contributed by atoms with Crippen molar-refractivity contribution >= 4 is 22.3 Å². The number of nitrogens with zero attached hydrogens (tertiary/aromatic N) is 2. The number of hydrogen-bond acceptors (Lipinski definition) is 3. The Kier molecular flexibility index (Phi) is 4.08. The van der Waals surface area contributed by atoms with E-state index in [-0.39, 0.29) is 0 Å². The van der Waals surface area contributed by atoms with Crippen molar-refractivity contribution in [3.63, 3.8) is 0 Å². The van der Waals surface area contributed by atoms with Gasteiger partial charge in [-0.25, -0.2) is 4.98 Å². The van der Waals surface area contributed by atoms with Crippen LogP contribution in [-0.2, 0) is 13.0 Å². The molecule has 0 unspecified atom stereocenters. The van der Waals surface area contributed by atoms with Crippen LogP contribution in [0.2, 0.25) is 0 Å². The van der Waals surface area contributed by atoms with Crippen molar-refractivity contribution in [3.05, 3.63) is 65.4 Å². The van der Waals surface area contributed by atoms with Crippen molar-refractivity contribution in [3.8, 4) is 0 Å². The van der Waals surface area contributed by atoms with Crippen molar-refractivity contribution in [2.45, 2.75) is 39.8 Å². The molecule has 0 saturated heterocycles. The summed E-state index contributed by atoms with van der Waals surface area (Å²) in [4.78, 5) is 7.44. The smallest absolute Gasteiger partial charge is 0.137 e. The molecular weight excluding hydrogens is 306 g/mol. The third kappa shape index (κ3) is 2.95. The topological polar surface area (TPSA) is 28.2 Å². The molecule has 0 amide bonds. The van der Waals surface area contributed by atoms with Crippen molar-refractivity contribution in [2.75, 3.05) is 16.8 Å². The van der Waals surface area contributed by atoms with Crippen LogP contribution in [0.4, 0.5) is 11.5 Å². The van der Waals surface area contributed by atoms with Gasteiger partial charge in [-0.3, -0.25) is 0 Å². The van der Waals surface area contributed by atoms with Gasteiger partial charge in [-0.2, -0.15) is 0 Å². The second-order valence-corrected chi connectivity index (χ2v) is 7.18. The minimum Gasteiger partial charge on any atom is -0.381 e. The van der Waals surface area contributed by atoms with Gasteiger partial charge >= 0.3 is 0 Å². The fraction of sp³-hybridized carbons (Fsp3) is 0.318. The molecule has 0 radical (unpaired) electrons. The first kappa shape index (κ1) is 15.9. The zero-order valence-corrected chi connectivity index (χ0v) is 15.2. The number of aromatic nitrogens is 1. The van der Waals surface area contributed by atoms with E-state index in [4.69, 9.17) is 4.98 Å². The zero-order valence-electron chi connectivity index (χ0n) is 15.2. The summed E-state index contributed by atoms with van der Waals surface area (Å²) in [5, 5.41) is 6.07. The number of nitrogens with one attached hydrogen (secondary N) is 1. The van der Waals surface area contributed by atoms with Gasteiger partial charge in [-0.1, -0.05) is 48.5 Å². The Hall–Kier alpha value is -2.55. The molecule has 128 valence electrons. The van der Waals surface area contributed by atoms with Crippen LogP contribution in [0.1, 0.15) is 30.7 Å². The maximum Gasteiger partial charge on any atom is 0.137 e. The van der Waals surface area contributed by atoms with Crippen LogP contribution in [0, 0.1) is 6.92 Å². The van der Waals surface area contributed by atoms with Crippen LogP contribution < -0.4 is 10.2 Å². The molecule has 2 aromatic carbocycles. The SMILES string of the molecule is Cc1nc(N2CCc3ccccc3C2)c2ccccc2c1NC(C)C. The van der Waals surface area contributed by atoms with E-state index in [1.807, 2.05) is 0 Å². The van der Waals surface area contributed by atoms with Gasteiger partial charge in [0.1, 0.15) is 5.82 Å². The van der Waals surface area contributed by atoms with Crippen LogP contribution in [0.3, 0.4) is 0 Å². The summed E-state index contributed by atoms with van der Waals surface area (Å²) in [7, 11) is 0. The highest BCUT2D eigenvalue weighted by atomic mass is 15.2. The molecule has 25 heavy (non-hydrogen) atoms. The van der Waals surface area contributed by atoms with Gasteiger partial charge < -0.3 is 10.2 Å². The monoisotopic (exact) mass is 331 g/mol. The van der Waals surface area contributed by atoms with Gasteiger partial charge in [0.25, 0.3) is 0 Å². The van der Waals surface area contributed by atoms with Crippen LogP contribution in [0.25, 0.3) is 10.8 Å². The first-order valence-corrected chi connectivity index (χ1v) is 9.11. The molecule has 0 saturated carbocycles. The molecule has 0 spiro atoms. The molecule has 4 rings (SSSR count). The van der Waals surface area contributed by atoms with Crippen LogP contribution in [-0.4, -0.2) is 17.6 Å². The van der Waals surface area contributed by atoms with Crippen molar-refractivity contribution in [1.29, 1.82) is 0 Å². The zero-order chi connectivity index (χ0) is 17.4. The molecule has 3 aromatic rings. The maximum atomic E-state index is 5.01. The third-order valence-corrected chi connectivity index (χ3v) is 4.94. The quantitative estimate of drug-likeness (QED) is 0.738. The van der Waals surface area contributed by atoms with E-state index in [1.54, 1.807) is 0 Å². The average molecular weight is 331 g/mol. The standard InChI is InChI=1S/C22H25N3/c1-15(2)23-21-16(3)24-22(20-11-7-6-10-19(20)21)25-13-12-17-8-4-5-9-18(17)14-25/h4-11,15,23H,12-14H2,1-3H3. The molecule has 3 nitrogen and oxygen atoms in total. The summed E-state index contributed by atoms with van der Waals surface area (Å²) >= 11 is 0. The lowest BCUT2D eigenvalue weighted by atomic mass is 9.99. The molecule has 3 heteroatoms. The van der Waals surface area contributed by atoms with Crippen LogP contribution in [0.15, 0.2) is 48.5 Å². The van der Waals surface area contributed by atoms with E-state index >= 15 is 0 Å². The Balaban J connectivity index is 1.81. The average Bonchev–Trinajstić information content (AvgIpc) is 2.63. The molecular formula is C22H25N3. The predicted molar refractivity (Wildman–Crippen MR) is 106 cm³/mol. The van der Waals surface area contributed by atoms with E-state index in [2.05, 4.69) is 79.5 Å². The minimum absolute atomic E-state index is 0.386. The highest BCUT2D eigenvalue weighted by Gasteiger charge is 2.21. The van der Waals surface area contributed by atoms with Crippen LogP contribution >= 0.6 is 0 Å². The first-order chi connectivity index (χ1) is 12.1.